The van der Waals surface area contributed by atoms with Crippen molar-refractivity contribution in [1.29, 1.82) is 0 Å². The summed E-state index contributed by atoms with van der Waals surface area (Å²) in [6.07, 6.45) is -4.40. The van der Waals surface area contributed by atoms with E-state index >= 15 is 0 Å². The third kappa shape index (κ3) is 5.75. The zero-order valence-electron chi connectivity index (χ0n) is 13.7. The van der Waals surface area contributed by atoms with E-state index in [0.717, 1.165) is 5.56 Å². The van der Waals surface area contributed by atoms with Gasteiger partial charge in [0.15, 0.2) is 6.61 Å². The fourth-order valence-electron chi connectivity index (χ4n) is 2.23. The molecule has 0 radical (unpaired) electrons. The minimum atomic E-state index is -4.40. The molecule has 0 aliphatic carbocycles. The second-order valence-corrected chi connectivity index (χ2v) is 7.38. The maximum Gasteiger partial charge on any atom is 0.422 e. The number of benzene rings is 2. The summed E-state index contributed by atoms with van der Waals surface area (Å²) < 4.78 is 68.1. The number of hydrogen-bond acceptors (Lipinski definition) is 3. The van der Waals surface area contributed by atoms with E-state index in [-0.39, 0.29) is 17.2 Å². The van der Waals surface area contributed by atoms with Crippen molar-refractivity contribution in [3.05, 3.63) is 59.2 Å². The van der Waals surface area contributed by atoms with Gasteiger partial charge in [-0.3, -0.25) is 0 Å². The van der Waals surface area contributed by atoms with Crippen LogP contribution in [0.15, 0.2) is 47.4 Å². The molecular formula is C17H18F3NO3S. The van der Waals surface area contributed by atoms with Crippen molar-refractivity contribution in [3.63, 3.8) is 0 Å². The van der Waals surface area contributed by atoms with E-state index in [1.807, 2.05) is 6.92 Å². The molecule has 0 saturated carbocycles. The molecule has 0 bridgehead atoms. The summed E-state index contributed by atoms with van der Waals surface area (Å²) in [6.45, 7) is 2.24. The average molecular weight is 373 g/mol. The van der Waals surface area contributed by atoms with E-state index in [9.17, 15) is 21.6 Å². The van der Waals surface area contributed by atoms with Crippen LogP contribution in [0.4, 0.5) is 13.2 Å². The van der Waals surface area contributed by atoms with Gasteiger partial charge in [-0.1, -0.05) is 29.8 Å². The summed E-state index contributed by atoms with van der Waals surface area (Å²) in [4.78, 5) is 0.197. The van der Waals surface area contributed by atoms with E-state index in [2.05, 4.69) is 9.46 Å². The molecule has 0 heterocycles. The van der Waals surface area contributed by atoms with E-state index in [4.69, 9.17) is 0 Å². The predicted octanol–water partition coefficient (Wildman–Crippen LogP) is 3.72. The quantitative estimate of drug-likeness (QED) is 0.840. The Morgan fingerprint density at radius 3 is 2.24 bits per heavy atom. The Hall–Kier alpha value is -2.06. The molecule has 0 saturated heterocycles. The van der Waals surface area contributed by atoms with Crippen LogP contribution in [-0.2, 0) is 16.6 Å². The van der Waals surface area contributed by atoms with E-state index < -0.39 is 22.8 Å². The van der Waals surface area contributed by atoms with Gasteiger partial charge in [0.05, 0.1) is 4.90 Å². The molecule has 0 fully saturated rings. The Morgan fingerprint density at radius 1 is 1.04 bits per heavy atom. The highest BCUT2D eigenvalue weighted by atomic mass is 32.2. The Balaban J connectivity index is 2.00. The number of nitrogens with one attached hydrogen (secondary N) is 1. The van der Waals surface area contributed by atoms with Crippen LogP contribution in [-0.4, -0.2) is 21.2 Å². The number of ether oxygens (including phenoxy) is 1. The minimum absolute atomic E-state index is 0.0230. The number of alkyl halides is 3. The van der Waals surface area contributed by atoms with Crippen LogP contribution in [0.2, 0.25) is 0 Å². The smallest absolute Gasteiger partial charge is 0.422 e. The zero-order chi connectivity index (χ0) is 18.7. The van der Waals surface area contributed by atoms with Gasteiger partial charge < -0.3 is 4.74 Å². The van der Waals surface area contributed by atoms with Gasteiger partial charge in [0, 0.05) is 6.54 Å². The number of rotatable bonds is 6. The summed E-state index contributed by atoms with van der Waals surface area (Å²) in [6, 6.07) is 10.8. The molecular weight excluding hydrogens is 355 g/mol. The number of sulfonamides is 1. The molecule has 0 atom stereocenters. The molecule has 2 rings (SSSR count). The first-order valence-electron chi connectivity index (χ1n) is 7.42. The summed E-state index contributed by atoms with van der Waals surface area (Å²) in [5.41, 5.74) is 2.21. The first-order chi connectivity index (χ1) is 11.6. The largest absolute Gasteiger partial charge is 0.484 e. The molecule has 0 aromatic heterocycles. The number of halogens is 3. The van der Waals surface area contributed by atoms with Crippen LogP contribution in [0.5, 0.6) is 5.75 Å². The van der Waals surface area contributed by atoms with Gasteiger partial charge in [0.2, 0.25) is 10.0 Å². The molecule has 0 unspecified atom stereocenters. The van der Waals surface area contributed by atoms with Gasteiger partial charge in [-0.2, -0.15) is 13.2 Å². The Labute approximate surface area is 144 Å². The van der Waals surface area contributed by atoms with Crippen molar-refractivity contribution in [2.45, 2.75) is 31.5 Å². The summed E-state index contributed by atoms with van der Waals surface area (Å²) >= 11 is 0. The lowest BCUT2D eigenvalue weighted by Gasteiger charge is -2.11. The molecule has 2 aromatic rings. The Morgan fingerprint density at radius 2 is 1.68 bits per heavy atom. The van der Waals surface area contributed by atoms with Gasteiger partial charge in [0.1, 0.15) is 5.75 Å². The standard InChI is InChI=1S/C17H18F3NO3S/c1-12-3-8-16(13(2)9-12)25(22,23)21-10-14-4-6-15(7-5-14)24-11-17(18,19)20/h3-9,21H,10-11H2,1-2H3. The third-order valence-electron chi connectivity index (χ3n) is 3.41. The van der Waals surface area contributed by atoms with Crippen LogP contribution >= 0.6 is 0 Å². The van der Waals surface area contributed by atoms with Gasteiger partial charge in [0.25, 0.3) is 0 Å². The number of aryl methyl sites for hydroxylation is 2. The first-order valence-corrected chi connectivity index (χ1v) is 8.90. The highest BCUT2D eigenvalue weighted by molar-refractivity contribution is 7.89. The molecule has 1 N–H and O–H groups in total. The monoisotopic (exact) mass is 373 g/mol. The molecule has 0 spiro atoms. The summed E-state index contributed by atoms with van der Waals surface area (Å²) in [7, 11) is -3.68. The average Bonchev–Trinajstić information content (AvgIpc) is 2.51. The van der Waals surface area contributed by atoms with E-state index in [1.54, 1.807) is 25.1 Å². The topological polar surface area (TPSA) is 55.4 Å². The van der Waals surface area contributed by atoms with Gasteiger partial charge in [-0.05, 0) is 43.2 Å². The fourth-order valence-corrected chi connectivity index (χ4v) is 3.47. The second kappa shape index (κ2) is 7.45. The lowest BCUT2D eigenvalue weighted by atomic mass is 10.2. The van der Waals surface area contributed by atoms with Gasteiger partial charge in [-0.25, -0.2) is 13.1 Å². The predicted molar refractivity (Wildman–Crippen MR) is 87.9 cm³/mol. The maximum absolute atomic E-state index is 12.4. The lowest BCUT2D eigenvalue weighted by Crippen LogP contribution is -2.24. The molecule has 2 aromatic carbocycles. The lowest BCUT2D eigenvalue weighted by molar-refractivity contribution is -0.153. The van der Waals surface area contributed by atoms with Crippen molar-refractivity contribution >= 4 is 10.0 Å². The molecule has 0 aliphatic heterocycles. The van der Waals surface area contributed by atoms with Crippen LogP contribution in [0, 0.1) is 13.8 Å². The van der Waals surface area contributed by atoms with Gasteiger partial charge >= 0.3 is 6.18 Å². The summed E-state index contributed by atoms with van der Waals surface area (Å²) in [5, 5.41) is 0. The molecule has 25 heavy (non-hydrogen) atoms. The number of hydrogen-bond donors (Lipinski definition) is 1. The van der Waals surface area contributed by atoms with Crippen molar-refractivity contribution in [2.24, 2.45) is 0 Å². The minimum Gasteiger partial charge on any atom is -0.484 e. The SMILES string of the molecule is Cc1ccc(S(=O)(=O)NCc2ccc(OCC(F)(F)F)cc2)c(C)c1. The fraction of sp³-hybridized carbons (Fsp3) is 0.294. The van der Waals surface area contributed by atoms with Crippen molar-refractivity contribution < 1.29 is 26.3 Å². The maximum atomic E-state index is 12.4. The van der Waals surface area contributed by atoms with Crippen LogP contribution in [0.1, 0.15) is 16.7 Å². The van der Waals surface area contributed by atoms with Crippen molar-refractivity contribution in [1.82, 2.24) is 4.72 Å². The van der Waals surface area contributed by atoms with Crippen LogP contribution in [0.25, 0.3) is 0 Å². The molecule has 136 valence electrons. The third-order valence-corrected chi connectivity index (χ3v) is 4.97. The Kier molecular flexibility index (Phi) is 5.74. The van der Waals surface area contributed by atoms with E-state index in [0.29, 0.717) is 11.1 Å². The molecule has 8 heteroatoms. The zero-order valence-corrected chi connectivity index (χ0v) is 14.5. The van der Waals surface area contributed by atoms with Crippen LogP contribution < -0.4 is 9.46 Å². The van der Waals surface area contributed by atoms with E-state index in [1.165, 1.54) is 24.3 Å². The first kappa shape index (κ1) is 19.3. The summed E-state index contributed by atoms with van der Waals surface area (Å²) in [5.74, 6) is 0.0679. The van der Waals surface area contributed by atoms with Crippen LogP contribution in [0.3, 0.4) is 0 Å². The second-order valence-electron chi connectivity index (χ2n) is 5.64. The van der Waals surface area contributed by atoms with Gasteiger partial charge in [-0.15, -0.1) is 0 Å². The highest BCUT2D eigenvalue weighted by Crippen LogP contribution is 2.20. The van der Waals surface area contributed by atoms with Crippen molar-refractivity contribution in [2.75, 3.05) is 6.61 Å². The highest BCUT2D eigenvalue weighted by Gasteiger charge is 2.28. The Bertz CT molecular complexity index is 831. The normalized spacial score (nSPS) is 12.2. The molecule has 4 nitrogen and oxygen atoms in total. The molecule has 0 amide bonds. The molecule has 0 aliphatic rings. The van der Waals surface area contributed by atoms with Crippen molar-refractivity contribution in [3.8, 4) is 5.75 Å².